The highest BCUT2D eigenvalue weighted by Crippen LogP contribution is 2.58. The molecule has 4 atom stereocenters. The zero-order valence-corrected chi connectivity index (χ0v) is 12.6. The minimum absolute atomic E-state index is 0.0203. The fourth-order valence-electron chi connectivity index (χ4n) is 3.49. The van der Waals surface area contributed by atoms with Crippen molar-refractivity contribution in [3.05, 3.63) is 0 Å². The number of nitrogens with two attached hydrogens (primary N) is 1. The molecule has 2 rings (SSSR count). The van der Waals surface area contributed by atoms with E-state index >= 15 is 0 Å². The van der Waals surface area contributed by atoms with E-state index in [0.29, 0.717) is 6.61 Å². The Morgan fingerprint density at radius 1 is 1.50 bits per heavy atom. The summed E-state index contributed by atoms with van der Waals surface area (Å²) < 4.78 is 10.5. The summed E-state index contributed by atoms with van der Waals surface area (Å²) in [6.45, 7) is 8.14. The number of fused-ring (bicyclic) bond motifs is 1. The van der Waals surface area contributed by atoms with E-state index in [1.165, 1.54) is 0 Å². The van der Waals surface area contributed by atoms with Gasteiger partial charge in [0, 0.05) is 17.9 Å². The van der Waals surface area contributed by atoms with E-state index in [1.54, 1.807) is 13.8 Å². The number of ether oxygens (including phenoxy) is 2. The third kappa shape index (κ3) is 1.93. The van der Waals surface area contributed by atoms with Crippen LogP contribution in [0.5, 0.6) is 0 Å². The molecule has 0 aromatic heterocycles. The van der Waals surface area contributed by atoms with Crippen molar-refractivity contribution in [1.82, 2.24) is 5.32 Å². The Labute approximate surface area is 119 Å². The normalized spacial score (nSPS) is 35.6. The Hall–Kier alpha value is -1.14. The smallest absolute Gasteiger partial charge is 0.328 e. The lowest BCUT2D eigenvalue weighted by Crippen LogP contribution is -2.80. The molecule has 20 heavy (non-hydrogen) atoms. The zero-order chi connectivity index (χ0) is 15.1. The number of nitrogens with one attached hydrogen (secondary N) is 1. The molecule has 1 aliphatic heterocycles. The van der Waals surface area contributed by atoms with Crippen LogP contribution in [-0.2, 0) is 19.1 Å². The van der Waals surface area contributed by atoms with Crippen molar-refractivity contribution in [2.75, 3.05) is 13.2 Å². The van der Waals surface area contributed by atoms with E-state index in [4.69, 9.17) is 15.2 Å². The van der Waals surface area contributed by atoms with Crippen molar-refractivity contribution < 1.29 is 19.1 Å². The first-order valence-electron chi connectivity index (χ1n) is 7.14. The van der Waals surface area contributed by atoms with Crippen LogP contribution in [0.4, 0.5) is 0 Å². The number of amides is 1. The van der Waals surface area contributed by atoms with Gasteiger partial charge in [0.25, 0.3) is 0 Å². The van der Waals surface area contributed by atoms with Gasteiger partial charge in [0.2, 0.25) is 5.91 Å². The molecule has 6 heteroatoms. The minimum atomic E-state index is -0.991. The molecule has 4 unspecified atom stereocenters. The highest BCUT2D eigenvalue weighted by Gasteiger charge is 2.71. The third-order valence-corrected chi connectivity index (χ3v) is 4.82. The maximum atomic E-state index is 12.5. The molecular weight excluding hydrogens is 260 g/mol. The Bertz CT molecular complexity index is 423. The van der Waals surface area contributed by atoms with Crippen molar-refractivity contribution in [2.24, 2.45) is 17.1 Å². The van der Waals surface area contributed by atoms with Gasteiger partial charge in [-0.15, -0.1) is 0 Å². The summed E-state index contributed by atoms with van der Waals surface area (Å²) in [5.74, 6) is -0.720. The van der Waals surface area contributed by atoms with E-state index < -0.39 is 23.0 Å². The highest BCUT2D eigenvalue weighted by molar-refractivity contribution is 5.92. The van der Waals surface area contributed by atoms with Gasteiger partial charge in [0.1, 0.15) is 11.6 Å². The summed E-state index contributed by atoms with van der Waals surface area (Å²) in [5.41, 5.74) is 4.96. The van der Waals surface area contributed by atoms with Crippen molar-refractivity contribution in [3.63, 3.8) is 0 Å². The molecule has 0 aromatic rings. The van der Waals surface area contributed by atoms with Gasteiger partial charge in [-0.2, -0.15) is 0 Å². The Morgan fingerprint density at radius 2 is 2.15 bits per heavy atom. The molecule has 0 radical (unpaired) electrons. The molecular formula is C14H24N2O4. The minimum Gasteiger partial charge on any atom is -0.464 e. The van der Waals surface area contributed by atoms with Gasteiger partial charge in [-0.25, -0.2) is 4.79 Å². The number of carbonyl (C=O) groups is 2. The maximum Gasteiger partial charge on any atom is 0.328 e. The number of rotatable bonds is 4. The molecule has 1 amide bonds. The summed E-state index contributed by atoms with van der Waals surface area (Å²) in [6.07, 6.45) is 0.808. The van der Waals surface area contributed by atoms with Crippen LogP contribution < -0.4 is 11.1 Å². The SMILES string of the molecule is CCOC(=O)C(C)NC(=O)C1(N)C2CCOC2C1(C)C. The highest BCUT2D eigenvalue weighted by atomic mass is 16.5. The summed E-state index contributed by atoms with van der Waals surface area (Å²) in [5, 5.41) is 2.68. The standard InChI is InChI=1S/C14H24N2O4/c1-5-19-11(17)8(2)16-12(18)14(15)9-6-7-20-10(9)13(14,3)4/h8-10H,5-7,15H2,1-4H3,(H,16,18). The summed E-state index contributed by atoms with van der Waals surface area (Å²) in [6, 6.07) is -0.694. The fourth-order valence-corrected chi connectivity index (χ4v) is 3.49. The van der Waals surface area contributed by atoms with Gasteiger partial charge in [-0.1, -0.05) is 13.8 Å². The Kier molecular flexibility index (Phi) is 3.81. The monoisotopic (exact) mass is 284 g/mol. The molecule has 114 valence electrons. The van der Waals surface area contributed by atoms with Gasteiger partial charge in [0.05, 0.1) is 12.7 Å². The van der Waals surface area contributed by atoms with E-state index in [-0.39, 0.29) is 24.5 Å². The van der Waals surface area contributed by atoms with Crippen LogP contribution in [0, 0.1) is 11.3 Å². The molecule has 3 N–H and O–H groups in total. The average Bonchev–Trinajstić information content (AvgIpc) is 2.85. The first-order valence-corrected chi connectivity index (χ1v) is 7.14. The molecule has 0 spiro atoms. The second-order valence-electron chi connectivity index (χ2n) is 6.22. The predicted octanol–water partition coefficient (Wildman–Crippen LogP) is 0.197. The van der Waals surface area contributed by atoms with Crippen molar-refractivity contribution in [2.45, 2.75) is 51.8 Å². The fraction of sp³-hybridized carbons (Fsp3) is 0.857. The molecule has 0 bridgehead atoms. The van der Waals surface area contributed by atoms with Crippen LogP contribution in [0.1, 0.15) is 34.1 Å². The van der Waals surface area contributed by atoms with Crippen LogP contribution >= 0.6 is 0 Å². The number of esters is 1. The second kappa shape index (κ2) is 5.00. The molecule has 1 heterocycles. The van der Waals surface area contributed by atoms with Crippen molar-refractivity contribution in [3.8, 4) is 0 Å². The lowest BCUT2D eigenvalue weighted by molar-refractivity contribution is -0.177. The summed E-state index contributed by atoms with van der Waals surface area (Å²) in [4.78, 5) is 24.1. The van der Waals surface area contributed by atoms with E-state index in [1.807, 2.05) is 13.8 Å². The molecule has 0 aromatic carbocycles. The predicted molar refractivity (Wildman–Crippen MR) is 72.8 cm³/mol. The molecule has 6 nitrogen and oxygen atoms in total. The van der Waals surface area contributed by atoms with Crippen LogP contribution in [0.2, 0.25) is 0 Å². The molecule has 2 fully saturated rings. The van der Waals surface area contributed by atoms with Gasteiger partial charge in [0.15, 0.2) is 0 Å². The van der Waals surface area contributed by atoms with Gasteiger partial charge >= 0.3 is 5.97 Å². The zero-order valence-electron chi connectivity index (χ0n) is 12.6. The van der Waals surface area contributed by atoms with E-state index in [2.05, 4.69) is 5.32 Å². The molecule has 2 aliphatic rings. The van der Waals surface area contributed by atoms with Gasteiger partial charge in [-0.05, 0) is 20.3 Å². The molecule has 1 saturated carbocycles. The number of hydrogen-bond acceptors (Lipinski definition) is 5. The Morgan fingerprint density at radius 3 is 2.75 bits per heavy atom. The quantitative estimate of drug-likeness (QED) is 0.720. The molecule has 1 aliphatic carbocycles. The number of carbonyl (C=O) groups excluding carboxylic acids is 2. The largest absolute Gasteiger partial charge is 0.464 e. The second-order valence-corrected chi connectivity index (χ2v) is 6.22. The van der Waals surface area contributed by atoms with Crippen LogP contribution in [0.3, 0.4) is 0 Å². The Balaban J connectivity index is 2.07. The average molecular weight is 284 g/mol. The first-order chi connectivity index (χ1) is 9.26. The van der Waals surface area contributed by atoms with Crippen LogP contribution in [0.25, 0.3) is 0 Å². The first kappa shape index (κ1) is 15.3. The topological polar surface area (TPSA) is 90.7 Å². The van der Waals surface area contributed by atoms with E-state index in [9.17, 15) is 9.59 Å². The van der Waals surface area contributed by atoms with Gasteiger partial charge < -0.3 is 20.5 Å². The summed E-state index contributed by atoms with van der Waals surface area (Å²) >= 11 is 0. The van der Waals surface area contributed by atoms with Crippen molar-refractivity contribution in [1.29, 1.82) is 0 Å². The lowest BCUT2D eigenvalue weighted by Gasteiger charge is -2.60. The van der Waals surface area contributed by atoms with Crippen LogP contribution in [0.15, 0.2) is 0 Å². The lowest BCUT2D eigenvalue weighted by atomic mass is 9.48. The molecule has 1 saturated heterocycles. The number of hydrogen-bond donors (Lipinski definition) is 2. The van der Waals surface area contributed by atoms with Crippen molar-refractivity contribution >= 4 is 11.9 Å². The van der Waals surface area contributed by atoms with Crippen LogP contribution in [-0.4, -0.2) is 42.8 Å². The van der Waals surface area contributed by atoms with Gasteiger partial charge in [-0.3, -0.25) is 4.79 Å². The third-order valence-electron chi connectivity index (χ3n) is 4.82. The maximum absolute atomic E-state index is 12.5. The summed E-state index contributed by atoms with van der Waals surface area (Å²) in [7, 11) is 0. The van der Waals surface area contributed by atoms with E-state index in [0.717, 1.165) is 6.42 Å².